The van der Waals surface area contributed by atoms with Crippen molar-refractivity contribution in [2.75, 3.05) is 31.0 Å². The normalized spacial score (nSPS) is 19.0. The second-order valence-corrected chi connectivity index (χ2v) is 6.03. The Labute approximate surface area is 130 Å². The number of hydrogen-bond acceptors (Lipinski definition) is 3. The Balaban J connectivity index is 1.95. The van der Waals surface area contributed by atoms with Crippen LogP contribution in [0.1, 0.15) is 19.3 Å². The van der Waals surface area contributed by atoms with Crippen LogP contribution in [0.3, 0.4) is 0 Å². The summed E-state index contributed by atoms with van der Waals surface area (Å²) in [6.07, 6.45) is 5.47. The third-order valence-corrected chi connectivity index (χ3v) is 4.51. The summed E-state index contributed by atoms with van der Waals surface area (Å²) in [6, 6.07) is 8.24. The monoisotopic (exact) mass is 304 g/mol. The predicted molar refractivity (Wildman–Crippen MR) is 88.6 cm³/mol. The predicted octanol–water partition coefficient (Wildman–Crippen LogP) is 4.09. The van der Waals surface area contributed by atoms with Crippen molar-refractivity contribution < 1.29 is 4.74 Å². The molecule has 1 saturated heterocycles. The van der Waals surface area contributed by atoms with Crippen molar-refractivity contribution in [3.63, 3.8) is 0 Å². The molecule has 0 bridgehead atoms. The number of nitrogens with zero attached hydrogens (tertiary/aromatic N) is 2. The summed E-state index contributed by atoms with van der Waals surface area (Å²) in [5.74, 6) is 3.38. The Hall–Kier alpha value is -1.48. The van der Waals surface area contributed by atoms with Crippen molar-refractivity contribution in [2.45, 2.75) is 19.3 Å². The third-order valence-electron chi connectivity index (χ3n) is 4.29. The minimum absolute atomic E-state index is 0.680. The highest BCUT2D eigenvalue weighted by molar-refractivity contribution is 6.17. The SMILES string of the molecule is COc1ccc2ccnc(N3CCCC(CCCl)C3)c2c1. The number of piperidine rings is 1. The molecule has 0 radical (unpaired) electrons. The van der Waals surface area contributed by atoms with Gasteiger partial charge in [-0.2, -0.15) is 0 Å². The lowest BCUT2D eigenvalue weighted by Gasteiger charge is -2.34. The lowest BCUT2D eigenvalue weighted by molar-refractivity contribution is 0.405. The Morgan fingerprint density at radius 1 is 1.38 bits per heavy atom. The number of halogens is 1. The highest BCUT2D eigenvalue weighted by Crippen LogP contribution is 2.31. The van der Waals surface area contributed by atoms with E-state index in [0.717, 1.165) is 37.0 Å². The van der Waals surface area contributed by atoms with E-state index in [4.69, 9.17) is 16.3 Å². The van der Waals surface area contributed by atoms with Crippen molar-refractivity contribution in [3.8, 4) is 5.75 Å². The van der Waals surface area contributed by atoms with E-state index < -0.39 is 0 Å². The molecule has 112 valence electrons. The van der Waals surface area contributed by atoms with E-state index >= 15 is 0 Å². The minimum Gasteiger partial charge on any atom is -0.497 e. The fraction of sp³-hybridized carbons (Fsp3) is 0.471. The molecule has 4 heteroatoms. The highest BCUT2D eigenvalue weighted by atomic mass is 35.5. The standard InChI is InChI=1S/C17H21ClN2O/c1-21-15-5-4-14-7-9-19-17(16(14)11-15)20-10-2-3-13(12-20)6-8-18/h4-5,7,9,11,13H,2-3,6,8,10,12H2,1H3. The van der Waals surface area contributed by atoms with E-state index in [-0.39, 0.29) is 0 Å². The zero-order chi connectivity index (χ0) is 14.7. The summed E-state index contributed by atoms with van der Waals surface area (Å²) in [6.45, 7) is 2.12. The van der Waals surface area contributed by atoms with Crippen LogP contribution in [0.5, 0.6) is 5.75 Å². The number of hydrogen-bond donors (Lipinski definition) is 0. The van der Waals surface area contributed by atoms with Crippen LogP contribution >= 0.6 is 11.6 Å². The van der Waals surface area contributed by atoms with Gasteiger partial charge in [0.15, 0.2) is 0 Å². The van der Waals surface area contributed by atoms with E-state index in [1.165, 1.54) is 23.6 Å². The Morgan fingerprint density at radius 2 is 2.29 bits per heavy atom. The number of anilines is 1. The van der Waals surface area contributed by atoms with E-state index in [1.54, 1.807) is 7.11 Å². The summed E-state index contributed by atoms with van der Waals surface area (Å²) in [4.78, 5) is 7.04. The number of fused-ring (bicyclic) bond motifs is 1. The molecule has 0 amide bonds. The first-order chi connectivity index (χ1) is 10.3. The van der Waals surface area contributed by atoms with Crippen LogP contribution in [0.2, 0.25) is 0 Å². The van der Waals surface area contributed by atoms with Gasteiger partial charge in [0, 0.05) is 30.6 Å². The number of rotatable bonds is 4. The van der Waals surface area contributed by atoms with Crippen LogP contribution < -0.4 is 9.64 Å². The zero-order valence-corrected chi connectivity index (χ0v) is 13.1. The molecule has 0 aliphatic carbocycles. The van der Waals surface area contributed by atoms with E-state index in [2.05, 4.69) is 28.1 Å². The van der Waals surface area contributed by atoms with Crippen LogP contribution in [0.4, 0.5) is 5.82 Å². The van der Waals surface area contributed by atoms with E-state index in [1.807, 2.05) is 12.3 Å². The molecule has 1 aromatic carbocycles. The summed E-state index contributed by atoms with van der Waals surface area (Å²) in [5, 5.41) is 2.38. The second-order valence-electron chi connectivity index (χ2n) is 5.65. The average Bonchev–Trinajstić information content (AvgIpc) is 2.54. The molecule has 21 heavy (non-hydrogen) atoms. The first kappa shape index (κ1) is 14.5. The quantitative estimate of drug-likeness (QED) is 0.796. The molecule has 0 saturated carbocycles. The van der Waals surface area contributed by atoms with Gasteiger partial charge in [-0.15, -0.1) is 11.6 Å². The summed E-state index contributed by atoms with van der Waals surface area (Å²) in [5.41, 5.74) is 0. The van der Waals surface area contributed by atoms with Crippen LogP contribution in [-0.2, 0) is 0 Å². The average molecular weight is 305 g/mol. The number of alkyl halides is 1. The Morgan fingerprint density at radius 3 is 3.10 bits per heavy atom. The molecule has 1 aliphatic heterocycles. The molecule has 0 spiro atoms. The molecule has 0 N–H and O–H groups in total. The van der Waals surface area contributed by atoms with Gasteiger partial charge >= 0.3 is 0 Å². The van der Waals surface area contributed by atoms with Crippen molar-refractivity contribution in [1.29, 1.82) is 0 Å². The molecule has 1 aliphatic rings. The minimum atomic E-state index is 0.680. The summed E-state index contributed by atoms with van der Waals surface area (Å²) < 4.78 is 5.36. The first-order valence-corrected chi connectivity index (χ1v) is 8.09. The molecular weight excluding hydrogens is 284 g/mol. The van der Waals surface area contributed by atoms with E-state index in [0.29, 0.717) is 5.92 Å². The molecule has 1 unspecified atom stereocenters. The Bertz CT molecular complexity index is 615. The van der Waals surface area contributed by atoms with Gasteiger partial charge in [-0.25, -0.2) is 4.98 Å². The van der Waals surface area contributed by atoms with Crippen molar-refractivity contribution in [2.24, 2.45) is 5.92 Å². The zero-order valence-electron chi connectivity index (χ0n) is 12.4. The molecule has 2 heterocycles. The fourth-order valence-electron chi connectivity index (χ4n) is 3.16. The maximum atomic E-state index is 5.91. The topological polar surface area (TPSA) is 25.4 Å². The lowest BCUT2D eigenvalue weighted by atomic mass is 9.95. The van der Waals surface area contributed by atoms with Gasteiger partial charge < -0.3 is 9.64 Å². The largest absolute Gasteiger partial charge is 0.497 e. The van der Waals surface area contributed by atoms with Crippen LogP contribution in [0.15, 0.2) is 30.5 Å². The van der Waals surface area contributed by atoms with Crippen LogP contribution in [0.25, 0.3) is 10.8 Å². The molecular formula is C17H21ClN2O. The van der Waals surface area contributed by atoms with Crippen molar-refractivity contribution in [1.82, 2.24) is 4.98 Å². The van der Waals surface area contributed by atoms with Gasteiger partial charge in [-0.3, -0.25) is 0 Å². The Kier molecular flexibility index (Phi) is 4.49. The molecule has 1 atom stereocenters. The number of pyridine rings is 1. The smallest absolute Gasteiger partial charge is 0.136 e. The molecule has 3 rings (SSSR count). The van der Waals surface area contributed by atoms with Gasteiger partial charge in [0.25, 0.3) is 0 Å². The summed E-state index contributed by atoms with van der Waals surface area (Å²) >= 11 is 5.91. The number of methoxy groups -OCH3 is 1. The van der Waals surface area contributed by atoms with Gasteiger partial charge in [-0.1, -0.05) is 6.07 Å². The second kappa shape index (κ2) is 6.52. The van der Waals surface area contributed by atoms with Crippen LogP contribution in [0, 0.1) is 5.92 Å². The number of ether oxygens (including phenoxy) is 1. The molecule has 2 aromatic rings. The van der Waals surface area contributed by atoms with Crippen molar-refractivity contribution >= 4 is 28.2 Å². The highest BCUT2D eigenvalue weighted by Gasteiger charge is 2.21. The van der Waals surface area contributed by atoms with Gasteiger partial charge in [0.05, 0.1) is 7.11 Å². The van der Waals surface area contributed by atoms with Gasteiger partial charge in [0.1, 0.15) is 11.6 Å². The van der Waals surface area contributed by atoms with Crippen molar-refractivity contribution in [3.05, 3.63) is 30.5 Å². The van der Waals surface area contributed by atoms with E-state index in [9.17, 15) is 0 Å². The maximum Gasteiger partial charge on any atom is 0.136 e. The lowest BCUT2D eigenvalue weighted by Crippen LogP contribution is -2.36. The molecule has 3 nitrogen and oxygen atoms in total. The number of aromatic nitrogens is 1. The molecule has 1 aromatic heterocycles. The van der Waals surface area contributed by atoms with Gasteiger partial charge in [-0.05, 0) is 48.8 Å². The van der Waals surface area contributed by atoms with Gasteiger partial charge in [0.2, 0.25) is 0 Å². The molecule has 1 fully saturated rings. The third kappa shape index (κ3) is 3.08. The maximum absolute atomic E-state index is 5.91. The first-order valence-electron chi connectivity index (χ1n) is 7.55. The number of benzene rings is 1. The van der Waals surface area contributed by atoms with Crippen LogP contribution in [-0.4, -0.2) is 31.1 Å². The fourth-order valence-corrected chi connectivity index (χ4v) is 3.47. The summed E-state index contributed by atoms with van der Waals surface area (Å²) in [7, 11) is 1.70.